The van der Waals surface area contributed by atoms with E-state index in [1.807, 2.05) is 0 Å². The molecule has 0 amide bonds. The third kappa shape index (κ3) is 10.3. The molecule has 0 bridgehead atoms. The third-order valence-electron chi connectivity index (χ3n) is 3.82. The Hall–Kier alpha value is -1.06. The first-order valence-corrected chi connectivity index (χ1v) is 8.53. The predicted octanol–water partition coefficient (Wildman–Crippen LogP) is 4.16. The van der Waals surface area contributed by atoms with Crippen molar-refractivity contribution in [2.45, 2.75) is 90.1 Å². The van der Waals surface area contributed by atoms with Crippen LogP contribution < -0.4 is 0 Å². The normalized spacial score (nSPS) is 25.3. The van der Waals surface area contributed by atoms with Gasteiger partial charge >= 0.3 is 11.9 Å². The standard InChI is InChI=1S/C17H30O4/c1-15-14-20-16(18)12-10-8-6-4-2-3-5-7-9-11-13-17(19)21-15/h15H,2-14H2,1H3. The number of hydrogen-bond donors (Lipinski definition) is 0. The van der Waals surface area contributed by atoms with E-state index in [2.05, 4.69) is 0 Å². The SMILES string of the molecule is CC1COC(=O)CCCCCCCCCCCCC(=O)O1. The van der Waals surface area contributed by atoms with Crippen LogP contribution in [0.1, 0.15) is 84.0 Å². The van der Waals surface area contributed by atoms with Gasteiger partial charge < -0.3 is 9.47 Å². The molecule has 1 heterocycles. The predicted molar refractivity (Wildman–Crippen MR) is 81.9 cm³/mol. The van der Waals surface area contributed by atoms with Crippen LogP contribution in [0.3, 0.4) is 0 Å². The van der Waals surface area contributed by atoms with Crippen molar-refractivity contribution < 1.29 is 19.1 Å². The van der Waals surface area contributed by atoms with Crippen LogP contribution in [-0.2, 0) is 19.1 Å². The van der Waals surface area contributed by atoms with Gasteiger partial charge in [0.05, 0.1) is 0 Å². The minimum absolute atomic E-state index is 0.171. The van der Waals surface area contributed by atoms with Gasteiger partial charge in [-0.25, -0.2) is 0 Å². The lowest BCUT2D eigenvalue weighted by atomic mass is 10.1. The van der Waals surface area contributed by atoms with Crippen molar-refractivity contribution >= 4 is 11.9 Å². The minimum Gasteiger partial charge on any atom is -0.462 e. The van der Waals surface area contributed by atoms with E-state index in [-0.39, 0.29) is 24.6 Å². The number of esters is 2. The van der Waals surface area contributed by atoms with Gasteiger partial charge in [0.2, 0.25) is 0 Å². The van der Waals surface area contributed by atoms with E-state index >= 15 is 0 Å². The highest BCUT2D eigenvalue weighted by Gasteiger charge is 2.12. The first kappa shape index (κ1) is 18.0. The second-order valence-electron chi connectivity index (χ2n) is 6.02. The Bertz CT molecular complexity index is 301. The molecule has 1 atom stereocenters. The Labute approximate surface area is 128 Å². The molecule has 0 aliphatic carbocycles. The molecule has 0 aromatic heterocycles. The van der Waals surface area contributed by atoms with Crippen LogP contribution in [0.25, 0.3) is 0 Å². The summed E-state index contributed by atoms with van der Waals surface area (Å²) in [5.41, 5.74) is 0. The number of carbonyl (C=O) groups excluding carboxylic acids is 2. The molecule has 21 heavy (non-hydrogen) atoms. The van der Waals surface area contributed by atoms with Gasteiger partial charge in [-0.2, -0.15) is 0 Å². The molecule has 1 unspecified atom stereocenters. The molecule has 0 aromatic rings. The van der Waals surface area contributed by atoms with Crippen LogP contribution in [0.5, 0.6) is 0 Å². The number of carbonyl (C=O) groups is 2. The van der Waals surface area contributed by atoms with Gasteiger partial charge in [-0.3, -0.25) is 9.59 Å². The summed E-state index contributed by atoms with van der Waals surface area (Å²) >= 11 is 0. The molecule has 4 nitrogen and oxygen atoms in total. The quantitative estimate of drug-likeness (QED) is 0.630. The number of hydrogen-bond acceptors (Lipinski definition) is 4. The summed E-state index contributed by atoms with van der Waals surface area (Å²) in [6, 6.07) is 0. The molecule has 1 rings (SSSR count). The number of rotatable bonds is 0. The maximum Gasteiger partial charge on any atom is 0.306 e. The fourth-order valence-corrected chi connectivity index (χ4v) is 2.55. The second-order valence-corrected chi connectivity index (χ2v) is 6.02. The molecule has 0 spiro atoms. The zero-order valence-electron chi connectivity index (χ0n) is 13.4. The monoisotopic (exact) mass is 298 g/mol. The van der Waals surface area contributed by atoms with Crippen LogP contribution in [0.15, 0.2) is 0 Å². The molecular formula is C17H30O4. The van der Waals surface area contributed by atoms with Crippen molar-refractivity contribution in [1.82, 2.24) is 0 Å². The van der Waals surface area contributed by atoms with Crippen LogP contribution in [0, 0.1) is 0 Å². The average molecular weight is 298 g/mol. The summed E-state index contributed by atoms with van der Waals surface area (Å²) in [6.45, 7) is 1.94. The molecular weight excluding hydrogens is 268 g/mol. The molecule has 0 radical (unpaired) electrons. The molecule has 4 heteroatoms. The van der Waals surface area contributed by atoms with Gasteiger partial charge in [0.25, 0.3) is 0 Å². The second kappa shape index (κ2) is 11.6. The highest BCUT2D eigenvalue weighted by Crippen LogP contribution is 2.13. The molecule has 0 N–H and O–H groups in total. The smallest absolute Gasteiger partial charge is 0.306 e. The zero-order chi connectivity index (χ0) is 15.3. The summed E-state index contributed by atoms with van der Waals surface area (Å²) in [5.74, 6) is -0.362. The number of cyclic esters (lactones) is 2. The molecule has 122 valence electrons. The summed E-state index contributed by atoms with van der Waals surface area (Å²) in [6.07, 6.45) is 12.1. The van der Waals surface area contributed by atoms with Gasteiger partial charge in [-0.15, -0.1) is 0 Å². The van der Waals surface area contributed by atoms with Crippen molar-refractivity contribution in [1.29, 1.82) is 0 Å². The molecule has 1 aliphatic rings. The van der Waals surface area contributed by atoms with Crippen LogP contribution >= 0.6 is 0 Å². The van der Waals surface area contributed by atoms with E-state index in [1.165, 1.54) is 38.5 Å². The van der Waals surface area contributed by atoms with Crippen LogP contribution in [0.4, 0.5) is 0 Å². The maximum absolute atomic E-state index is 11.6. The van der Waals surface area contributed by atoms with E-state index < -0.39 is 0 Å². The average Bonchev–Trinajstić information content (AvgIpc) is 2.45. The molecule has 1 aliphatic heterocycles. The largest absolute Gasteiger partial charge is 0.462 e. The van der Waals surface area contributed by atoms with E-state index in [9.17, 15) is 9.59 Å². The molecule has 1 fully saturated rings. The minimum atomic E-state index is -0.347. The van der Waals surface area contributed by atoms with E-state index in [0.29, 0.717) is 12.8 Å². The lowest BCUT2D eigenvalue weighted by molar-refractivity contribution is -0.158. The van der Waals surface area contributed by atoms with Crippen molar-refractivity contribution in [2.75, 3.05) is 6.61 Å². The van der Waals surface area contributed by atoms with Crippen LogP contribution in [-0.4, -0.2) is 24.6 Å². The van der Waals surface area contributed by atoms with Gasteiger partial charge in [0, 0.05) is 12.8 Å². The molecule has 1 saturated heterocycles. The Morgan fingerprint density at radius 1 is 0.714 bits per heavy atom. The van der Waals surface area contributed by atoms with Crippen molar-refractivity contribution in [3.05, 3.63) is 0 Å². The zero-order valence-corrected chi connectivity index (χ0v) is 13.4. The van der Waals surface area contributed by atoms with Crippen molar-refractivity contribution in [2.24, 2.45) is 0 Å². The molecule has 0 saturated carbocycles. The van der Waals surface area contributed by atoms with Crippen molar-refractivity contribution in [3.8, 4) is 0 Å². The Morgan fingerprint density at radius 2 is 1.14 bits per heavy atom. The lowest BCUT2D eigenvalue weighted by Crippen LogP contribution is -2.22. The lowest BCUT2D eigenvalue weighted by Gasteiger charge is -2.14. The highest BCUT2D eigenvalue weighted by atomic mass is 16.6. The van der Waals surface area contributed by atoms with E-state index in [4.69, 9.17) is 9.47 Å². The molecule has 0 aromatic carbocycles. The Kier molecular flexibility index (Phi) is 9.92. The third-order valence-corrected chi connectivity index (χ3v) is 3.82. The fourth-order valence-electron chi connectivity index (χ4n) is 2.55. The summed E-state index contributed by atoms with van der Waals surface area (Å²) in [4.78, 5) is 23.1. The fraction of sp³-hybridized carbons (Fsp3) is 0.882. The van der Waals surface area contributed by atoms with E-state index in [0.717, 1.165) is 25.7 Å². The summed E-state index contributed by atoms with van der Waals surface area (Å²) < 4.78 is 10.4. The Morgan fingerprint density at radius 3 is 1.67 bits per heavy atom. The summed E-state index contributed by atoms with van der Waals surface area (Å²) in [7, 11) is 0. The Balaban J connectivity index is 2.29. The number of ether oxygens (including phenoxy) is 2. The summed E-state index contributed by atoms with van der Waals surface area (Å²) in [5, 5.41) is 0. The van der Waals surface area contributed by atoms with Gasteiger partial charge in [-0.05, 0) is 19.8 Å². The van der Waals surface area contributed by atoms with Crippen molar-refractivity contribution in [3.63, 3.8) is 0 Å². The van der Waals surface area contributed by atoms with Gasteiger partial charge in [0.15, 0.2) is 0 Å². The highest BCUT2D eigenvalue weighted by molar-refractivity contribution is 5.70. The van der Waals surface area contributed by atoms with Gasteiger partial charge in [-0.1, -0.05) is 51.4 Å². The van der Waals surface area contributed by atoms with E-state index in [1.54, 1.807) is 6.92 Å². The maximum atomic E-state index is 11.6. The first-order valence-electron chi connectivity index (χ1n) is 8.53. The van der Waals surface area contributed by atoms with Crippen LogP contribution in [0.2, 0.25) is 0 Å². The first-order chi connectivity index (χ1) is 10.2. The van der Waals surface area contributed by atoms with Gasteiger partial charge in [0.1, 0.15) is 12.7 Å². The topological polar surface area (TPSA) is 52.6 Å².